The molecule has 1 atom stereocenters. The normalized spacial score (nSPS) is 30.2. The van der Waals surface area contributed by atoms with Gasteiger partial charge in [0.2, 0.25) is 0 Å². The maximum atomic E-state index is 9.10. The molecule has 1 rings (SSSR count). The van der Waals surface area contributed by atoms with Crippen LogP contribution in [0.3, 0.4) is 0 Å². The minimum absolute atomic E-state index is 0.216. The van der Waals surface area contributed by atoms with E-state index >= 15 is 0 Å². The molecule has 0 aromatic rings. The van der Waals surface area contributed by atoms with Crippen LogP contribution in [0.25, 0.3) is 0 Å². The highest BCUT2D eigenvalue weighted by atomic mass is 16.5. The van der Waals surface area contributed by atoms with E-state index in [0.717, 1.165) is 25.7 Å². The van der Waals surface area contributed by atoms with Gasteiger partial charge >= 0.3 is 0 Å². The van der Waals surface area contributed by atoms with Gasteiger partial charge in [0.25, 0.3) is 0 Å². The first-order valence-electron chi connectivity index (χ1n) is 5.34. The van der Waals surface area contributed by atoms with E-state index in [1.165, 1.54) is 0 Å². The second-order valence-electron chi connectivity index (χ2n) is 3.93. The fourth-order valence-electron chi connectivity index (χ4n) is 1.82. The SMILES string of the molecule is CNC1CCC(OCC(O)CO)CC1. The molecule has 1 saturated carbocycles. The minimum atomic E-state index is -0.725. The summed E-state index contributed by atoms with van der Waals surface area (Å²) in [5, 5.41) is 21.0. The second kappa shape index (κ2) is 6.35. The summed E-state index contributed by atoms with van der Waals surface area (Å²) in [5.74, 6) is 0. The second-order valence-corrected chi connectivity index (χ2v) is 3.93. The van der Waals surface area contributed by atoms with Gasteiger partial charge in [-0.25, -0.2) is 0 Å². The molecule has 0 aromatic carbocycles. The zero-order valence-corrected chi connectivity index (χ0v) is 8.78. The summed E-state index contributed by atoms with van der Waals surface area (Å²) in [6, 6.07) is 0.623. The molecule has 0 aliphatic heterocycles. The topological polar surface area (TPSA) is 61.7 Å². The Labute approximate surface area is 85.3 Å². The quantitative estimate of drug-likeness (QED) is 0.583. The summed E-state index contributed by atoms with van der Waals surface area (Å²) < 4.78 is 5.49. The Hall–Kier alpha value is -0.160. The summed E-state index contributed by atoms with van der Waals surface area (Å²) in [5.41, 5.74) is 0. The van der Waals surface area contributed by atoms with Gasteiger partial charge in [0, 0.05) is 6.04 Å². The fraction of sp³-hybridized carbons (Fsp3) is 1.00. The Morgan fingerprint density at radius 1 is 1.36 bits per heavy atom. The van der Waals surface area contributed by atoms with Gasteiger partial charge in [-0.2, -0.15) is 0 Å². The van der Waals surface area contributed by atoms with Crippen LogP contribution in [0.2, 0.25) is 0 Å². The van der Waals surface area contributed by atoms with Gasteiger partial charge in [-0.3, -0.25) is 0 Å². The molecule has 0 saturated heterocycles. The highest BCUT2D eigenvalue weighted by Gasteiger charge is 2.20. The molecule has 0 bridgehead atoms. The van der Waals surface area contributed by atoms with E-state index in [1.807, 2.05) is 7.05 Å². The first-order chi connectivity index (χ1) is 6.76. The van der Waals surface area contributed by atoms with Crippen LogP contribution in [0.4, 0.5) is 0 Å². The predicted molar refractivity (Wildman–Crippen MR) is 54.1 cm³/mol. The van der Waals surface area contributed by atoms with Crippen molar-refractivity contribution in [3.8, 4) is 0 Å². The Balaban J connectivity index is 2.10. The molecule has 84 valence electrons. The fourth-order valence-corrected chi connectivity index (χ4v) is 1.82. The molecule has 0 heterocycles. The maximum Gasteiger partial charge on any atom is 0.100 e. The molecule has 3 N–H and O–H groups in total. The molecule has 1 fully saturated rings. The third-order valence-electron chi connectivity index (χ3n) is 2.82. The van der Waals surface area contributed by atoms with Crippen LogP contribution in [0, 0.1) is 0 Å². The lowest BCUT2D eigenvalue weighted by atomic mass is 9.93. The van der Waals surface area contributed by atoms with Crippen molar-refractivity contribution >= 4 is 0 Å². The van der Waals surface area contributed by atoms with Crippen molar-refractivity contribution in [1.82, 2.24) is 5.32 Å². The van der Waals surface area contributed by atoms with Crippen LogP contribution in [-0.2, 0) is 4.74 Å². The average Bonchev–Trinajstić information content (AvgIpc) is 2.26. The van der Waals surface area contributed by atoms with Crippen LogP contribution in [0.15, 0.2) is 0 Å². The summed E-state index contributed by atoms with van der Waals surface area (Å²) in [7, 11) is 1.99. The summed E-state index contributed by atoms with van der Waals surface area (Å²) in [4.78, 5) is 0. The molecular weight excluding hydrogens is 182 g/mol. The smallest absolute Gasteiger partial charge is 0.100 e. The van der Waals surface area contributed by atoms with Gasteiger partial charge in [0.1, 0.15) is 6.10 Å². The highest BCUT2D eigenvalue weighted by molar-refractivity contribution is 4.76. The molecule has 0 amide bonds. The Bertz CT molecular complexity index is 146. The average molecular weight is 203 g/mol. The van der Waals surface area contributed by atoms with Gasteiger partial charge in [0.15, 0.2) is 0 Å². The van der Waals surface area contributed by atoms with E-state index in [4.69, 9.17) is 14.9 Å². The number of ether oxygens (including phenoxy) is 1. The molecule has 1 unspecified atom stereocenters. The number of hydrogen-bond donors (Lipinski definition) is 3. The molecule has 4 nitrogen and oxygen atoms in total. The van der Waals surface area contributed by atoms with E-state index in [1.54, 1.807) is 0 Å². The number of hydrogen-bond acceptors (Lipinski definition) is 4. The number of rotatable bonds is 5. The molecule has 0 radical (unpaired) electrons. The molecular formula is C10H21NO3. The van der Waals surface area contributed by atoms with Crippen molar-refractivity contribution in [2.45, 2.75) is 43.9 Å². The first kappa shape index (κ1) is 11.9. The van der Waals surface area contributed by atoms with Gasteiger partial charge in [0.05, 0.1) is 19.3 Å². The van der Waals surface area contributed by atoms with Crippen LogP contribution < -0.4 is 5.32 Å². The zero-order chi connectivity index (χ0) is 10.4. The third-order valence-corrected chi connectivity index (χ3v) is 2.82. The van der Waals surface area contributed by atoms with Crippen molar-refractivity contribution in [3.05, 3.63) is 0 Å². The summed E-state index contributed by atoms with van der Waals surface area (Å²) in [6.45, 7) is 0.0389. The van der Waals surface area contributed by atoms with E-state index in [-0.39, 0.29) is 19.3 Å². The lowest BCUT2D eigenvalue weighted by Crippen LogP contribution is -2.34. The molecule has 1 aliphatic rings. The van der Waals surface area contributed by atoms with E-state index < -0.39 is 6.10 Å². The maximum absolute atomic E-state index is 9.10. The molecule has 0 aromatic heterocycles. The molecule has 0 spiro atoms. The van der Waals surface area contributed by atoms with Crippen molar-refractivity contribution in [1.29, 1.82) is 0 Å². The van der Waals surface area contributed by atoms with Crippen molar-refractivity contribution in [2.75, 3.05) is 20.3 Å². The van der Waals surface area contributed by atoms with Gasteiger partial charge in [-0.15, -0.1) is 0 Å². The molecule has 14 heavy (non-hydrogen) atoms. The standard InChI is InChI=1S/C10H21NO3/c1-11-8-2-4-10(5-3-8)14-7-9(13)6-12/h8-13H,2-7H2,1H3. The van der Waals surface area contributed by atoms with E-state index in [9.17, 15) is 0 Å². The Kier molecular flexibility index (Phi) is 5.40. The Morgan fingerprint density at radius 2 is 2.00 bits per heavy atom. The van der Waals surface area contributed by atoms with Gasteiger partial charge in [-0.1, -0.05) is 0 Å². The van der Waals surface area contributed by atoms with Crippen LogP contribution in [0.5, 0.6) is 0 Å². The predicted octanol–water partition coefficient (Wildman–Crippen LogP) is -0.113. The van der Waals surface area contributed by atoms with Crippen molar-refractivity contribution < 1.29 is 14.9 Å². The zero-order valence-electron chi connectivity index (χ0n) is 8.78. The largest absolute Gasteiger partial charge is 0.394 e. The van der Waals surface area contributed by atoms with Gasteiger partial charge in [-0.05, 0) is 32.7 Å². The van der Waals surface area contributed by atoms with Crippen molar-refractivity contribution in [3.63, 3.8) is 0 Å². The third kappa shape index (κ3) is 3.92. The number of aliphatic hydroxyl groups is 2. The first-order valence-corrected chi connectivity index (χ1v) is 5.34. The van der Waals surface area contributed by atoms with E-state index in [0.29, 0.717) is 6.04 Å². The highest BCUT2D eigenvalue weighted by Crippen LogP contribution is 2.20. The van der Waals surface area contributed by atoms with Crippen LogP contribution >= 0.6 is 0 Å². The molecule has 1 aliphatic carbocycles. The molecule has 4 heteroatoms. The lowest BCUT2D eigenvalue weighted by Gasteiger charge is -2.28. The Morgan fingerprint density at radius 3 is 2.50 bits per heavy atom. The monoisotopic (exact) mass is 203 g/mol. The number of nitrogens with one attached hydrogen (secondary N) is 1. The van der Waals surface area contributed by atoms with Crippen molar-refractivity contribution in [2.24, 2.45) is 0 Å². The number of aliphatic hydroxyl groups excluding tert-OH is 2. The van der Waals surface area contributed by atoms with Crippen LogP contribution in [0.1, 0.15) is 25.7 Å². The summed E-state index contributed by atoms with van der Waals surface area (Å²) >= 11 is 0. The minimum Gasteiger partial charge on any atom is -0.394 e. The van der Waals surface area contributed by atoms with E-state index in [2.05, 4.69) is 5.32 Å². The van der Waals surface area contributed by atoms with Crippen LogP contribution in [-0.4, -0.2) is 48.7 Å². The van der Waals surface area contributed by atoms with Gasteiger partial charge < -0.3 is 20.3 Å². The lowest BCUT2D eigenvalue weighted by molar-refractivity contribution is -0.0418. The summed E-state index contributed by atoms with van der Waals surface area (Å²) in [6.07, 6.45) is 3.90.